The van der Waals surface area contributed by atoms with E-state index < -0.39 is 0 Å². The van der Waals surface area contributed by atoms with Crippen LogP contribution in [-0.4, -0.2) is 19.7 Å². The summed E-state index contributed by atoms with van der Waals surface area (Å²) in [4.78, 5) is 8.30. The number of nitrogens with zero attached hydrogens (tertiary/aromatic N) is 3. The molecule has 5 heteroatoms. The van der Waals surface area contributed by atoms with Crippen molar-refractivity contribution in [2.24, 2.45) is 0 Å². The number of hydrogen-bond acceptors (Lipinski definition) is 3. The van der Waals surface area contributed by atoms with Gasteiger partial charge in [-0.15, -0.1) is 0 Å². The summed E-state index contributed by atoms with van der Waals surface area (Å²) >= 11 is 5.34. The van der Waals surface area contributed by atoms with Crippen molar-refractivity contribution in [1.82, 2.24) is 19.7 Å². The Morgan fingerprint density at radius 3 is 2.47 bits per heavy atom. The van der Waals surface area contributed by atoms with Gasteiger partial charge in [0.1, 0.15) is 11.0 Å². The van der Waals surface area contributed by atoms with Crippen LogP contribution in [0.5, 0.6) is 0 Å². The Labute approximate surface area is 106 Å². The zero-order valence-corrected chi connectivity index (χ0v) is 11.3. The highest BCUT2D eigenvalue weighted by molar-refractivity contribution is 7.71. The predicted molar refractivity (Wildman–Crippen MR) is 70.0 cm³/mol. The van der Waals surface area contributed by atoms with Crippen molar-refractivity contribution in [2.45, 2.75) is 33.1 Å². The molecular formula is C12H16N4S. The smallest absolute Gasteiger partial charge is 0.156 e. The molecule has 0 fully saturated rings. The SMILES string of the molecule is Cc1cc(-n2[nH]c(C(C)(C)C)cc2=S)ncn1. The van der Waals surface area contributed by atoms with Gasteiger partial charge >= 0.3 is 0 Å². The largest absolute Gasteiger partial charge is 0.295 e. The quantitative estimate of drug-likeness (QED) is 0.789. The van der Waals surface area contributed by atoms with Crippen molar-refractivity contribution in [2.75, 3.05) is 0 Å². The number of rotatable bonds is 1. The van der Waals surface area contributed by atoms with Crippen LogP contribution in [-0.2, 0) is 5.41 Å². The van der Waals surface area contributed by atoms with E-state index in [1.54, 1.807) is 6.33 Å². The van der Waals surface area contributed by atoms with E-state index in [0.29, 0.717) is 0 Å². The third-order valence-corrected chi connectivity index (χ3v) is 2.85. The van der Waals surface area contributed by atoms with Crippen LogP contribution in [0.25, 0.3) is 5.82 Å². The highest BCUT2D eigenvalue weighted by Gasteiger charge is 2.17. The number of aromatic amines is 1. The van der Waals surface area contributed by atoms with Gasteiger partial charge in [-0.2, -0.15) is 0 Å². The monoisotopic (exact) mass is 248 g/mol. The lowest BCUT2D eigenvalue weighted by Crippen LogP contribution is -2.13. The lowest BCUT2D eigenvalue weighted by Gasteiger charge is -2.15. The first-order valence-corrected chi connectivity index (χ1v) is 5.90. The fraction of sp³-hybridized carbons (Fsp3) is 0.417. The first-order chi connectivity index (χ1) is 7.88. The van der Waals surface area contributed by atoms with Crippen LogP contribution in [0.1, 0.15) is 32.2 Å². The lowest BCUT2D eigenvalue weighted by atomic mass is 9.93. The first-order valence-electron chi connectivity index (χ1n) is 5.49. The minimum absolute atomic E-state index is 0.0425. The van der Waals surface area contributed by atoms with Gasteiger partial charge in [-0.1, -0.05) is 33.0 Å². The Balaban J connectivity index is 2.54. The summed E-state index contributed by atoms with van der Waals surface area (Å²) in [5, 5.41) is 3.29. The number of H-pyrrole nitrogens is 1. The van der Waals surface area contributed by atoms with Gasteiger partial charge in [0.25, 0.3) is 0 Å². The van der Waals surface area contributed by atoms with Crippen LogP contribution < -0.4 is 0 Å². The van der Waals surface area contributed by atoms with E-state index in [2.05, 4.69) is 35.8 Å². The van der Waals surface area contributed by atoms with Crippen LogP contribution >= 0.6 is 12.2 Å². The molecular weight excluding hydrogens is 232 g/mol. The average Bonchev–Trinajstić information content (AvgIpc) is 2.60. The molecule has 2 rings (SSSR count). The van der Waals surface area contributed by atoms with Gasteiger partial charge in [-0.05, 0) is 13.0 Å². The first kappa shape index (κ1) is 12.0. The third-order valence-electron chi connectivity index (χ3n) is 2.55. The molecule has 0 atom stereocenters. The van der Waals surface area contributed by atoms with E-state index in [0.717, 1.165) is 21.8 Å². The highest BCUT2D eigenvalue weighted by Crippen LogP contribution is 2.21. The van der Waals surface area contributed by atoms with Crippen molar-refractivity contribution in [3.8, 4) is 5.82 Å². The summed E-state index contributed by atoms with van der Waals surface area (Å²) in [5.74, 6) is 0.776. The maximum atomic E-state index is 5.34. The molecule has 0 unspecified atom stereocenters. The molecule has 0 aromatic carbocycles. The minimum atomic E-state index is 0.0425. The lowest BCUT2D eigenvalue weighted by molar-refractivity contribution is 0.559. The molecule has 17 heavy (non-hydrogen) atoms. The molecule has 0 aliphatic rings. The second kappa shape index (κ2) is 4.07. The zero-order valence-electron chi connectivity index (χ0n) is 10.5. The molecule has 0 spiro atoms. The van der Waals surface area contributed by atoms with Gasteiger partial charge in [0, 0.05) is 22.9 Å². The fourth-order valence-corrected chi connectivity index (χ4v) is 1.77. The molecule has 4 nitrogen and oxygen atoms in total. The van der Waals surface area contributed by atoms with Crippen molar-refractivity contribution in [3.05, 3.63) is 34.5 Å². The summed E-state index contributed by atoms with van der Waals surface area (Å²) < 4.78 is 2.54. The molecule has 0 saturated heterocycles. The molecule has 0 amide bonds. The van der Waals surface area contributed by atoms with Gasteiger partial charge in [0.15, 0.2) is 5.82 Å². The number of aromatic nitrogens is 4. The molecule has 2 heterocycles. The molecule has 1 N–H and O–H groups in total. The number of nitrogens with one attached hydrogen (secondary N) is 1. The van der Waals surface area contributed by atoms with E-state index in [9.17, 15) is 0 Å². The summed E-state index contributed by atoms with van der Waals surface area (Å²) in [6, 6.07) is 3.88. The summed E-state index contributed by atoms with van der Waals surface area (Å²) in [6.45, 7) is 8.36. The Kier molecular flexibility index (Phi) is 2.87. The molecule has 0 bridgehead atoms. The maximum Gasteiger partial charge on any atom is 0.156 e. The highest BCUT2D eigenvalue weighted by atomic mass is 32.1. The van der Waals surface area contributed by atoms with Gasteiger partial charge in [0.2, 0.25) is 0 Å². The number of hydrogen-bond donors (Lipinski definition) is 1. The Morgan fingerprint density at radius 1 is 1.24 bits per heavy atom. The van der Waals surface area contributed by atoms with E-state index in [-0.39, 0.29) is 5.41 Å². The second-order valence-corrected chi connectivity index (χ2v) is 5.53. The van der Waals surface area contributed by atoms with Crippen molar-refractivity contribution in [3.63, 3.8) is 0 Å². The number of aryl methyl sites for hydroxylation is 1. The van der Waals surface area contributed by atoms with Crippen LogP contribution in [0, 0.1) is 11.6 Å². The third kappa shape index (κ3) is 2.44. The zero-order chi connectivity index (χ0) is 12.6. The van der Waals surface area contributed by atoms with Crippen LogP contribution in [0.2, 0.25) is 0 Å². The van der Waals surface area contributed by atoms with Crippen LogP contribution in [0.4, 0.5) is 0 Å². The van der Waals surface area contributed by atoms with Crippen molar-refractivity contribution < 1.29 is 0 Å². The molecule has 0 saturated carbocycles. The summed E-state index contributed by atoms with van der Waals surface area (Å²) in [5.41, 5.74) is 2.06. The fourth-order valence-electron chi connectivity index (χ4n) is 1.51. The van der Waals surface area contributed by atoms with Crippen LogP contribution in [0.3, 0.4) is 0 Å². The van der Waals surface area contributed by atoms with E-state index in [4.69, 9.17) is 12.2 Å². The standard InChI is InChI=1S/C12H16N4S/c1-8-5-10(14-7-13-8)16-11(17)6-9(15-16)12(2,3)4/h5-7,15H,1-4H3. The summed E-state index contributed by atoms with van der Waals surface area (Å²) in [6.07, 6.45) is 1.55. The topological polar surface area (TPSA) is 46.5 Å². The van der Waals surface area contributed by atoms with Gasteiger partial charge in [0.05, 0.1) is 0 Å². The Bertz CT molecular complexity index is 589. The van der Waals surface area contributed by atoms with E-state index in [1.807, 2.05) is 23.7 Å². The van der Waals surface area contributed by atoms with Crippen LogP contribution in [0.15, 0.2) is 18.5 Å². The second-order valence-electron chi connectivity index (χ2n) is 5.11. The van der Waals surface area contributed by atoms with E-state index >= 15 is 0 Å². The molecule has 90 valence electrons. The normalized spacial score (nSPS) is 11.8. The minimum Gasteiger partial charge on any atom is -0.295 e. The van der Waals surface area contributed by atoms with Gasteiger partial charge < -0.3 is 0 Å². The molecule has 0 aliphatic heterocycles. The average molecular weight is 248 g/mol. The van der Waals surface area contributed by atoms with Gasteiger partial charge in [-0.3, -0.25) is 5.10 Å². The maximum absolute atomic E-state index is 5.34. The Hall–Kier alpha value is -1.49. The molecule has 0 radical (unpaired) electrons. The summed E-state index contributed by atoms with van der Waals surface area (Å²) in [7, 11) is 0. The Morgan fingerprint density at radius 2 is 1.94 bits per heavy atom. The van der Waals surface area contributed by atoms with Crippen molar-refractivity contribution >= 4 is 12.2 Å². The van der Waals surface area contributed by atoms with Crippen molar-refractivity contribution in [1.29, 1.82) is 0 Å². The van der Waals surface area contributed by atoms with E-state index in [1.165, 1.54) is 0 Å². The predicted octanol–water partition coefficient (Wildman–Crippen LogP) is 2.93. The molecule has 2 aromatic heterocycles. The van der Waals surface area contributed by atoms with Gasteiger partial charge in [-0.25, -0.2) is 14.6 Å². The molecule has 2 aromatic rings. The molecule has 0 aliphatic carbocycles.